The number of para-hydroxylation sites is 1. The van der Waals surface area contributed by atoms with Crippen molar-refractivity contribution in [3.05, 3.63) is 46.4 Å². The zero-order valence-corrected chi connectivity index (χ0v) is 8.95. The number of thiazole rings is 1. The minimum Gasteiger partial charge on any atom is -0.508 e. The second-order valence-electron chi connectivity index (χ2n) is 3.22. The van der Waals surface area contributed by atoms with Crippen molar-refractivity contribution < 1.29 is 5.11 Å². The van der Waals surface area contributed by atoms with Crippen LogP contribution in [0.1, 0.15) is 16.5 Å². The van der Waals surface area contributed by atoms with Gasteiger partial charge in [0.15, 0.2) is 0 Å². The lowest BCUT2D eigenvalue weighted by molar-refractivity contribution is 0.465. The van der Waals surface area contributed by atoms with Gasteiger partial charge in [-0.3, -0.25) is 0 Å². The molecule has 4 heteroatoms. The van der Waals surface area contributed by atoms with Gasteiger partial charge in [-0.15, -0.1) is 11.3 Å². The van der Waals surface area contributed by atoms with Crippen LogP contribution in [-0.2, 0) is 0 Å². The molecule has 1 aromatic heterocycles. The number of phenols is 1. The predicted molar refractivity (Wildman–Crippen MR) is 61.1 cm³/mol. The van der Waals surface area contributed by atoms with Gasteiger partial charge in [-0.2, -0.15) is 0 Å². The first-order valence-corrected chi connectivity index (χ1v) is 5.58. The first-order valence-electron chi connectivity index (χ1n) is 4.70. The highest BCUT2D eigenvalue weighted by Gasteiger charge is 2.17. The van der Waals surface area contributed by atoms with Gasteiger partial charge in [0.25, 0.3) is 0 Å². The molecule has 2 aromatic rings. The van der Waals surface area contributed by atoms with Gasteiger partial charge in [0.05, 0.1) is 5.92 Å². The van der Waals surface area contributed by atoms with E-state index in [1.807, 2.05) is 17.5 Å². The van der Waals surface area contributed by atoms with E-state index < -0.39 is 0 Å². The fourth-order valence-electron chi connectivity index (χ4n) is 1.55. The van der Waals surface area contributed by atoms with Gasteiger partial charge < -0.3 is 10.8 Å². The summed E-state index contributed by atoms with van der Waals surface area (Å²) in [6.45, 7) is 0.449. The number of benzene rings is 1. The van der Waals surface area contributed by atoms with E-state index in [1.54, 1.807) is 29.7 Å². The molecule has 1 heterocycles. The Kier molecular flexibility index (Phi) is 2.99. The molecule has 0 radical (unpaired) electrons. The van der Waals surface area contributed by atoms with Crippen molar-refractivity contribution in [2.45, 2.75) is 5.92 Å². The van der Waals surface area contributed by atoms with E-state index in [0.29, 0.717) is 6.54 Å². The van der Waals surface area contributed by atoms with Crippen LogP contribution in [0.5, 0.6) is 5.75 Å². The quantitative estimate of drug-likeness (QED) is 0.831. The molecule has 0 saturated carbocycles. The van der Waals surface area contributed by atoms with Crippen molar-refractivity contribution in [2.75, 3.05) is 6.54 Å². The summed E-state index contributed by atoms with van der Waals surface area (Å²) < 4.78 is 0. The zero-order chi connectivity index (χ0) is 10.7. The molecule has 0 aliphatic rings. The molecule has 0 bridgehead atoms. The molecule has 0 aliphatic carbocycles. The summed E-state index contributed by atoms with van der Waals surface area (Å²) in [6.07, 6.45) is 1.75. The SMILES string of the molecule is NCC(c1nccs1)c1ccccc1O. The summed E-state index contributed by atoms with van der Waals surface area (Å²) in [7, 11) is 0. The van der Waals surface area contributed by atoms with Gasteiger partial charge in [-0.25, -0.2) is 4.98 Å². The fourth-order valence-corrected chi connectivity index (χ4v) is 2.32. The van der Waals surface area contributed by atoms with E-state index in [4.69, 9.17) is 5.73 Å². The Bertz CT molecular complexity index is 428. The van der Waals surface area contributed by atoms with Crippen LogP contribution in [0.15, 0.2) is 35.8 Å². The number of nitrogens with zero attached hydrogens (tertiary/aromatic N) is 1. The van der Waals surface area contributed by atoms with Crippen molar-refractivity contribution in [1.29, 1.82) is 0 Å². The molecule has 0 saturated heterocycles. The van der Waals surface area contributed by atoms with Crippen molar-refractivity contribution >= 4 is 11.3 Å². The zero-order valence-electron chi connectivity index (χ0n) is 8.13. The van der Waals surface area contributed by atoms with E-state index in [0.717, 1.165) is 10.6 Å². The van der Waals surface area contributed by atoms with E-state index in [2.05, 4.69) is 4.98 Å². The summed E-state index contributed by atoms with van der Waals surface area (Å²) in [6, 6.07) is 7.25. The second-order valence-corrected chi connectivity index (χ2v) is 4.14. The summed E-state index contributed by atoms with van der Waals surface area (Å²) in [4.78, 5) is 4.23. The lowest BCUT2D eigenvalue weighted by Gasteiger charge is -2.13. The molecule has 0 amide bonds. The van der Waals surface area contributed by atoms with Crippen molar-refractivity contribution in [2.24, 2.45) is 5.73 Å². The number of hydrogen-bond acceptors (Lipinski definition) is 4. The van der Waals surface area contributed by atoms with Crippen molar-refractivity contribution in [1.82, 2.24) is 4.98 Å². The Morgan fingerprint density at radius 2 is 2.20 bits per heavy atom. The monoisotopic (exact) mass is 220 g/mol. The average molecular weight is 220 g/mol. The molecular weight excluding hydrogens is 208 g/mol. The third kappa shape index (κ3) is 2.00. The highest BCUT2D eigenvalue weighted by Crippen LogP contribution is 2.30. The third-order valence-corrected chi connectivity index (χ3v) is 3.19. The maximum absolute atomic E-state index is 9.73. The van der Waals surface area contributed by atoms with E-state index in [-0.39, 0.29) is 11.7 Å². The Labute approximate surface area is 92.2 Å². The van der Waals surface area contributed by atoms with Gasteiger partial charge in [0, 0.05) is 23.7 Å². The Morgan fingerprint density at radius 1 is 1.40 bits per heavy atom. The van der Waals surface area contributed by atoms with Crippen LogP contribution in [0.25, 0.3) is 0 Å². The Morgan fingerprint density at radius 3 is 2.80 bits per heavy atom. The fraction of sp³-hybridized carbons (Fsp3) is 0.182. The molecule has 1 unspecified atom stereocenters. The molecule has 2 rings (SSSR count). The minimum atomic E-state index is -0.00815. The smallest absolute Gasteiger partial charge is 0.119 e. The third-order valence-electron chi connectivity index (χ3n) is 2.30. The maximum Gasteiger partial charge on any atom is 0.119 e. The molecule has 1 atom stereocenters. The number of aromatic hydroxyl groups is 1. The highest BCUT2D eigenvalue weighted by molar-refractivity contribution is 7.09. The minimum absolute atomic E-state index is 0.00815. The van der Waals surface area contributed by atoms with Gasteiger partial charge >= 0.3 is 0 Å². The normalized spacial score (nSPS) is 12.6. The largest absolute Gasteiger partial charge is 0.508 e. The molecule has 0 fully saturated rings. The number of aromatic nitrogens is 1. The molecule has 78 valence electrons. The van der Waals surface area contributed by atoms with Crippen LogP contribution in [0.4, 0.5) is 0 Å². The molecule has 15 heavy (non-hydrogen) atoms. The number of phenolic OH excluding ortho intramolecular Hbond substituents is 1. The lowest BCUT2D eigenvalue weighted by atomic mass is 9.99. The van der Waals surface area contributed by atoms with Crippen molar-refractivity contribution in [3.8, 4) is 5.75 Å². The number of rotatable bonds is 3. The van der Waals surface area contributed by atoms with Gasteiger partial charge in [-0.1, -0.05) is 18.2 Å². The second kappa shape index (κ2) is 4.42. The van der Waals surface area contributed by atoms with Crippen LogP contribution < -0.4 is 5.73 Å². The average Bonchev–Trinajstić information content (AvgIpc) is 2.75. The van der Waals surface area contributed by atoms with Crippen LogP contribution in [0.2, 0.25) is 0 Å². The highest BCUT2D eigenvalue weighted by atomic mass is 32.1. The topological polar surface area (TPSA) is 59.1 Å². The number of hydrogen-bond donors (Lipinski definition) is 2. The van der Waals surface area contributed by atoms with E-state index in [1.165, 1.54) is 0 Å². The molecular formula is C11H12N2OS. The summed E-state index contributed by atoms with van der Waals surface area (Å²) in [5.41, 5.74) is 6.56. The van der Waals surface area contributed by atoms with Gasteiger partial charge in [0.2, 0.25) is 0 Å². The van der Waals surface area contributed by atoms with Crippen molar-refractivity contribution in [3.63, 3.8) is 0 Å². The first-order chi connectivity index (χ1) is 7.33. The number of nitrogens with two attached hydrogens (primary N) is 1. The summed E-state index contributed by atoms with van der Waals surface area (Å²) >= 11 is 1.56. The summed E-state index contributed by atoms with van der Waals surface area (Å²) in [5.74, 6) is 0.273. The van der Waals surface area contributed by atoms with Gasteiger partial charge in [-0.05, 0) is 6.07 Å². The molecule has 3 N–H and O–H groups in total. The standard InChI is InChI=1S/C11H12N2OS/c12-7-9(11-13-5-6-15-11)8-3-1-2-4-10(8)14/h1-6,9,14H,7,12H2. The van der Waals surface area contributed by atoms with E-state index in [9.17, 15) is 5.11 Å². The Hall–Kier alpha value is -1.39. The van der Waals surface area contributed by atoms with Crippen LogP contribution in [0, 0.1) is 0 Å². The maximum atomic E-state index is 9.73. The van der Waals surface area contributed by atoms with Gasteiger partial charge in [0.1, 0.15) is 10.8 Å². The lowest BCUT2D eigenvalue weighted by Crippen LogP contribution is -2.13. The van der Waals surface area contributed by atoms with Crippen LogP contribution in [-0.4, -0.2) is 16.6 Å². The van der Waals surface area contributed by atoms with Crippen LogP contribution >= 0.6 is 11.3 Å². The van der Waals surface area contributed by atoms with Crippen LogP contribution in [0.3, 0.4) is 0 Å². The predicted octanol–water partition coefficient (Wildman–Crippen LogP) is 1.94. The molecule has 1 aromatic carbocycles. The summed E-state index contributed by atoms with van der Waals surface area (Å²) in [5, 5.41) is 12.6. The van der Waals surface area contributed by atoms with E-state index >= 15 is 0 Å². The molecule has 0 spiro atoms. The Balaban J connectivity index is 2.40. The molecule has 3 nitrogen and oxygen atoms in total. The molecule has 0 aliphatic heterocycles. The first kappa shape index (κ1) is 10.1.